The van der Waals surface area contributed by atoms with Crippen molar-refractivity contribution in [3.63, 3.8) is 0 Å². The molecule has 0 spiro atoms. The Morgan fingerprint density at radius 1 is 1.12 bits per heavy atom. The van der Waals surface area contributed by atoms with Crippen LogP contribution < -0.4 is 5.32 Å². The third kappa shape index (κ3) is 4.28. The van der Waals surface area contributed by atoms with Crippen molar-refractivity contribution in [2.45, 2.75) is 18.7 Å². The molecule has 2 aromatic rings. The Balaban J connectivity index is 2.39. The van der Waals surface area contributed by atoms with Crippen molar-refractivity contribution in [2.75, 3.05) is 18.4 Å². The van der Waals surface area contributed by atoms with Crippen LogP contribution in [0.2, 0.25) is 0 Å². The van der Waals surface area contributed by atoms with Gasteiger partial charge in [-0.05, 0) is 46.3 Å². The van der Waals surface area contributed by atoms with Crippen LogP contribution in [-0.2, 0) is 10.0 Å². The lowest BCUT2D eigenvalue weighted by molar-refractivity contribution is 0.102. The maximum atomic E-state index is 13.7. The van der Waals surface area contributed by atoms with Gasteiger partial charge >= 0.3 is 0 Å². The number of carbonyl (C=O) groups is 1. The molecule has 0 aliphatic rings. The number of hydrogen-bond donors (Lipinski definition) is 1. The summed E-state index contributed by atoms with van der Waals surface area (Å²) in [6.45, 7) is 4.00. The summed E-state index contributed by atoms with van der Waals surface area (Å²) < 4.78 is 53.5. The molecule has 0 saturated carbocycles. The highest BCUT2D eigenvalue weighted by molar-refractivity contribution is 9.10. The Morgan fingerprint density at radius 2 is 1.77 bits per heavy atom. The highest BCUT2D eigenvalue weighted by atomic mass is 79.9. The monoisotopic (exact) mass is 446 g/mol. The van der Waals surface area contributed by atoms with Crippen LogP contribution in [0.1, 0.15) is 24.2 Å². The SMILES string of the molecule is CCN(CC)S(=O)(=O)c1ccc(Br)c(C(=O)Nc2ccc(F)cc2F)c1. The molecule has 9 heteroatoms. The number of halogens is 3. The molecule has 1 amide bonds. The molecule has 1 N–H and O–H groups in total. The third-order valence-corrected chi connectivity index (χ3v) is 6.44. The van der Waals surface area contributed by atoms with Gasteiger partial charge in [0.25, 0.3) is 5.91 Å². The maximum Gasteiger partial charge on any atom is 0.256 e. The van der Waals surface area contributed by atoms with E-state index in [1.54, 1.807) is 13.8 Å². The van der Waals surface area contributed by atoms with Gasteiger partial charge in [-0.1, -0.05) is 13.8 Å². The first-order valence-electron chi connectivity index (χ1n) is 7.76. The summed E-state index contributed by atoms with van der Waals surface area (Å²) in [4.78, 5) is 12.4. The summed E-state index contributed by atoms with van der Waals surface area (Å²) in [5.41, 5.74) is -0.192. The van der Waals surface area contributed by atoms with Crippen molar-refractivity contribution in [3.05, 3.63) is 58.1 Å². The first-order chi connectivity index (χ1) is 12.2. The summed E-state index contributed by atoms with van der Waals surface area (Å²) in [5, 5.41) is 2.31. The standard InChI is InChI=1S/C17H17BrF2N2O3S/c1-3-22(4-2)26(24,25)12-6-7-14(18)13(10-12)17(23)21-16-8-5-11(19)9-15(16)20/h5-10H,3-4H2,1-2H3,(H,21,23). The Morgan fingerprint density at radius 3 is 2.35 bits per heavy atom. The molecule has 2 rings (SSSR count). The average Bonchev–Trinajstić information content (AvgIpc) is 2.58. The lowest BCUT2D eigenvalue weighted by Gasteiger charge is -2.19. The molecule has 140 valence electrons. The van der Waals surface area contributed by atoms with E-state index in [1.165, 1.54) is 22.5 Å². The molecule has 0 unspecified atom stereocenters. The van der Waals surface area contributed by atoms with Gasteiger partial charge < -0.3 is 5.32 Å². The van der Waals surface area contributed by atoms with Crippen molar-refractivity contribution in [1.29, 1.82) is 0 Å². The number of amides is 1. The molecule has 0 heterocycles. The molecule has 0 fully saturated rings. The van der Waals surface area contributed by atoms with E-state index in [0.717, 1.165) is 12.1 Å². The minimum atomic E-state index is -3.75. The van der Waals surface area contributed by atoms with Crippen LogP contribution in [0.4, 0.5) is 14.5 Å². The van der Waals surface area contributed by atoms with E-state index in [1.807, 2.05) is 0 Å². The molecule has 2 aromatic carbocycles. The lowest BCUT2D eigenvalue weighted by Crippen LogP contribution is -2.30. The topological polar surface area (TPSA) is 66.5 Å². The van der Waals surface area contributed by atoms with Gasteiger partial charge in [0.2, 0.25) is 10.0 Å². The fourth-order valence-electron chi connectivity index (χ4n) is 2.33. The van der Waals surface area contributed by atoms with Crippen molar-refractivity contribution < 1.29 is 22.0 Å². The number of rotatable bonds is 6. The fourth-order valence-corrected chi connectivity index (χ4v) is 4.24. The molecule has 0 radical (unpaired) electrons. The van der Waals surface area contributed by atoms with Crippen LogP contribution in [0.5, 0.6) is 0 Å². The van der Waals surface area contributed by atoms with Gasteiger partial charge in [-0.2, -0.15) is 4.31 Å². The second-order valence-electron chi connectivity index (χ2n) is 5.31. The number of nitrogens with one attached hydrogen (secondary N) is 1. The maximum absolute atomic E-state index is 13.7. The highest BCUT2D eigenvalue weighted by Crippen LogP contribution is 2.25. The number of nitrogens with zero attached hydrogens (tertiary/aromatic N) is 1. The van der Waals surface area contributed by atoms with Crippen molar-refractivity contribution >= 4 is 37.5 Å². The van der Waals surface area contributed by atoms with Gasteiger partial charge in [-0.15, -0.1) is 0 Å². The summed E-state index contributed by atoms with van der Waals surface area (Å²) >= 11 is 3.19. The van der Waals surface area contributed by atoms with Crippen LogP contribution in [0, 0.1) is 11.6 Å². The van der Waals surface area contributed by atoms with E-state index in [9.17, 15) is 22.0 Å². The molecule has 26 heavy (non-hydrogen) atoms. The molecule has 0 atom stereocenters. The predicted molar refractivity (Wildman–Crippen MR) is 98.6 cm³/mol. The molecule has 0 aliphatic heterocycles. The predicted octanol–water partition coefficient (Wildman–Crippen LogP) is 4.01. The summed E-state index contributed by atoms with van der Waals surface area (Å²) in [6, 6.07) is 6.78. The van der Waals surface area contributed by atoms with E-state index >= 15 is 0 Å². The minimum absolute atomic E-state index is 0.0157. The number of carbonyl (C=O) groups excluding carboxylic acids is 1. The van der Waals surface area contributed by atoms with E-state index in [-0.39, 0.29) is 29.2 Å². The summed E-state index contributed by atoms with van der Waals surface area (Å²) in [6.07, 6.45) is 0. The molecular formula is C17H17BrF2N2O3S. The lowest BCUT2D eigenvalue weighted by atomic mass is 10.2. The Kier molecular flexibility index (Phi) is 6.48. The Bertz CT molecular complexity index is 932. The van der Waals surface area contributed by atoms with E-state index in [2.05, 4.69) is 21.2 Å². The van der Waals surface area contributed by atoms with Crippen LogP contribution in [0.25, 0.3) is 0 Å². The first-order valence-corrected chi connectivity index (χ1v) is 10.00. The van der Waals surface area contributed by atoms with E-state index in [0.29, 0.717) is 10.5 Å². The largest absolute Gasteiger partial charge is 0.319 e. The number of sulfonamides is 1. The zero-order valence-electron chi connectivity index (χ0n) is 14.1. The third-order valence-electron chi connectivity index (χ3n) is 3.70. The van der Waals surface area contributed by atoms with Crippen LogP contribution >= 0.6 is 15.9 Å². The Labute approximate surface area is 159 Å². The molecule has 0 aliphatic carbocycles. The average molecular weight is 447 g/mol. The molecule has 0 aromatic heterocycles. The van der Waals surface area contributed by atoms with Crippen LogP contribution in [0.3, 0.4) is 0 Å². The molecule has 0 saturated heterocycles. The smallest absolute Gasteiger partial charge is 0.256 e. The quantitative estimate of drug-likeness (QED) is 0.728. The van der Waals surface area contributed by atoms with Crippen molar-refractivity contribution in [1.82, 2.24) is 4.31 Å². The minimum Gasteiger partial charge on any atom is -0.319 e. The van der Waals surface area contributed by atoms with Crippen molar-refractivity contribution in [3.8, 4) is 0 Å². The highest BCUT2D eigenvalue weighted by Gasteiger charge is 2.24. The van der Waals surface area contributed by atoms with E-state index < -0.39 is 27.6 Å². The molecule has 0 bridgehead atoms. The molecular weight excluding hydrogens is 430 g/mol. The van der Waals surface area contributed by atoms with Crippen LogP contribution in [-0.4, -0.2) is 31.7 Å². The van der Waals surface area contributed by atoms with Gasteiger partial charge in [0.15, 0.2) is 0 Å². The van der Waals surface area contributed by atoms with Crippen LogP contribution in [0.15, 0.2) is 45.8 Å². The Hall–Kier alpha value is -1.84. The van der Waals surface area contributed by atoms with Gasteiger partial charge in [0.1, 0.15) is 11.6 Å². The van der Waals surface area contributed by atoms with Gasteiger partial charge in [-0.25, -0.2) is 17.2 Å². The molecule has 5 nitrogen and oxygen atoms in total. The summed E-state index contributed by atoms with van der Waals surface area (Å²) in [7, 11) is -3.75. The fraction of sp³-hybridized carbons (Fsp3) is 0.235. The first kappa shape index (κ1) is 20.5. The zero-order valence-corrected chi connectivity index (χ0v) is 16.5. The normalized spacial score (nSPS) is 11.6. The zero-order chi connectivity index (χ0) is 19.5. The number of anilines is 1. The summed E-state index contributed by atoms with van der Waals surface area (Å²) in [5.74, 6) is -2.42. The number of hydrogen-bond acceptors (Lipinski definition) is 3. The van der Waals surface area contributed by atoms with Gasteiger partial charge in [0.05, 0.1) is 16.1 Å². The second kappa shape index (κ2) is 8.24. The second-order valence-corrected chi connectivity index (χ2v) is 8.10. The van der Waals surface area contributed by atoms with Gasteiger partial charge in [-0.3, -0.25) is 4.79 Å². The van der Waals surface area contributed by atoms with Gasteiger partial charge in [0, 0.05) is 23.6 Å². The number of benzene rings is 2. The van der Waals surface area contributed by atoms with E-state index in [4.69, 9.17) is 0 Å². The van der Waals surface area contributed by atoms with Crippen molar-refractivity contribution in [2.24, 2.45) is 0 Å².